The molecule has 3 rings (SSSR count). The normalized spacial score (nSPS) is 10.8. The lowest BCUT2D eigenvalue weighted by molar-refractivity contribution is 0.680. The average molecular weight is 459 g/mol. The molecule has 1 nitrogen and oxygen atoms in total. The van der Waals surface area contributed by atoms with Gasteiger partial charge in [-0.05, 0) is 60.4 Å². The van der Waals surface area contributed by atoms with Gasteiger partial charge in [0.25, 0.3) is 0 Å². The van der Waals surface area contributed by atoms with Crippen molar-refractivity contribution in [2.75, 3.05) is 11.9 Å². The maximum Gasteiger partial charge on any atom is 0.0340 e. The molecule has 3 heteroatoms. The van der Waals surface area contributed by atoms with Gasteiger partial charge in [-0.25, -0.2) is 0 Å². The van der Waals surface area contributed by atoms with Crippen LogP contribution in [0.5, 0.6) is 0 Å². The van der Waals surface area contributed by atoms with Gasteiger partial charge in [-0.15, -0.1) is 0 Å². The molecule has 0 saturated carbocycles. The van der Waals surface area contributed by atoms with Crippen molar-refractivity contribution in [1.82, 2.24) is 0 Å². The summed E-state index contributed by atoms with van der Waals surface area (Å²) in [6, 6.07) is 27.8. The maximum absolute atomic E-state index is 3.53. The van der Waals surface area contributed by atoms with Crippen molar-refractivity contribution >= 4 is 37.5 Å². The lowest BCUT2D eigenvalue weighted by Gasteiger charge is -2.19. The molecule has 0 amide bonds. The molecule has 1 N–H and O–H groups in total. The van der Waals surface area contributed by atoms with E-state index in [-0.39, 0.29) is 0 Å². The first-order valence-electron chi connectivity index (χ1n) is 8.52. The second-order valence-corrected chi connectivity index (χ2v) is 7.92. The summed E-state index contributed by atoms with van der Waals surface area (Å²) in [5.74, 6) is 0.416. The van der Waals surface area contributed by atoms with E-state index in [0.717, 1.165) is 28.3 Å². The van der Waals surface area contributed by atoms with E-state index >= 15 is 0 Å². The van der Waals surface area contributed by atoms with Crippen LogP contribution in [0.25, 0.3) is 0 Å². The van der Waals surface area contributed by atoms with E-state index in [4.69, 9.17) is 0 Å². The van der Waals surface area contributed by atoms with Gasteiger partial charge >= 0.3 is 0 Å². The summed E-state index contributed by atoms with van der Waals surface area (Å²) in [4.78, 5) is 0. The molecule has 25 heavy (non-hydrogen) atoms. The fourth-order valence-corrected chi connectivity index (χ4v) is 3.54. The Morgan fingerprint density at radius 3 is 1.72 bits per heavy atom. The molecule has 0 radical (unpaired) electrons. The second-order valence-electron chi connectivity index (χ2n) is 6.09. The number of halogens is 2. The van der Waals surface area contributed by atoms with Crippen molar-refractivity contribution in [2.45, 2.75) is 18.8 Å². The van der Waals surface area contributed by atoms with Crippen molar-refractivity contribution in [2.24, 2.45) is 0 Å². The van der Waals surface area contributed by atoms with Crippen LogP contribution in [0.3, 0.4) is 0 Å². The molecule has 0 saturated heterocycles. The predicted molar refractivity (Wildman–Crippen MR) is 114 cm³/mol. The highest BCUT2D eigenvalue weighted by Gasteiger charge is 2.14. The Morgan fingerprint density at radius 1 is 0.680 bits per heavy atom. The molecule has 0 aromatic heterocycles. The van der Waals surface area contributed by atoms with E-state index in [1.54, 1.807) is 0 Å². The molecule has 0 aliphatic rings. The van der Waals surface area contributed by atoms with Gasteiger partial charge in [-0.1, -0.05) is 74.3 Å². The van der Waals surface area contributed by atoms with E-state index in [1.807, 2.05) is 6.07 Å². The Balaban J connectivity index is 1.68. The summed E-state index contributed by atoms with van der Waals surface area (Å²) >= 11 is 7.07. The van der Waals surface area contributed by atoms with Crippen molar-refractivity contribution in [3.63, 3.8) is 0 Å². The third-order valence-corrected chi connectivity index (χ3v) is 5.37. The van der Waals surface area contributed by atoms with E-state index < -0.39 is 0 Å². The van der Waals surface area contributed by atoms with Crippen molar-refractivity contribution in [3.05, 3.63) is 98.9 Å². The minimum atomic E-state index is 0.416. The third kappa shape index (κ3) is 5.45. The van der Waals surface area contributed by atoms with Gasteiger partial charge in [0.15, 0.2) is 0 Å². The van der Waals surface area contributed by atoms with Crippen molar-refractivity contribution in [3.8, 4) is 0 Å². The molecule has 0 aliphatic carbocycles. The standard InChI is InChI=1S/C22H21Br2N/c23-19-12-8-17(9-13-19)22(18-10-14-20(24)15-11-18)7-4-16-25-21-5-2-1-3-6-21/h1-3,5-6,8-15,22,25H,4,7,16H2. The first-order valence-corrected chi connectivity index (χ1v) is 10.1. The summed E-state index contributed by atoms with van der Waals surface area (Å²) in [5.41, 5.74) is 3.92. The molecule has 0 atom stereocenters. The number of nitrogens with one attached hydrogen (secondary N) is 1. The molecule has 128 valence electrons. The lowest BCUT2D eigenvalue weighted by Crippen LogP contribution is -2.06. The van der Waals surface area contributed by atoms with Gasteiger partial charge < -0.3 is 5.32 Å². The minimum Gasteiger partial charge on any atom is -0.385 e. The first-order chi connectivity index (χ1) is 12.2. The predicted octanol–water partition coefficient (Wildman–Crippen LogP) is 7.24. The van der Waals surface area contributed by atoms with Crippen LogP contribution >= 0.6 is 31.9 Å². The van der Waals surface area contributed by atoms with Crippen LogP contribution in [-0.4, -0.2) is 6.54 Å². The van der Waals surface area contributed by atoms with Crippen LogP contribution in [0.4, 0.5) is 5.69 Å². The van der Waals surface area contributed by atoms with Crippen LogP contribution in [-0.2, 0) is 0 Å². The molecule has 0 aliphatic heterocycles. The number of hydrogen-bond donors (Lipinski definition) is 1. The van der Waals surface area contributed by atoms with Crippen LogP contribution in [0.1, 0.15) is 29.9 Å². The van der Waals surface area contributed by atoms with Crippen LogP contribution in [0, 0.1) is 0 Å². The van der Waals surface area contributed by atoms with E-state index in [0.29, 0.717) is 5.92 Å². The fraction of sp³-hybridized carbons (Fsp3) is 0.182. The van der Waals surface area contributed by atoms with Crippen LogP contribution in [0.15, 0.2) is 87.8 Å². The van der Waals surface area contributed by atoms with Gasteiger partial charge in [0.1, 0.15) is 0 Å². The van der Waals surface area contributed by atoms with Crippen LogP contribution < -0.4 is 5.32 Å². The van der Waals surface area contributed by atoms with Crippen LogP contribution in [0.2, 0.25) is 0 Å². The highest BCUT2D eigenvalue weighted by Crippen LogP contribution is 2.31. The molecule has 0 fully saturated rings. The molecule has 0 bridgehead atoms. The topological polar surface area (TPSA) is 12.0 Å². The van der Waals surface area contributed by atoms with Crippen molar-refractivity contribution < 1.29 is 0 Å². The molecule has 0 spiro atoms. The largest absolute Gasteiger partial charge is 0.385 e. The number of anilines is 1. The zero-order chi connectivity index (χ0) is 17.5. The Morgan fingerprint density at radius 2 is 1.20 bits per heavy atom. The number of para-hydroxylation sites is 1. The summed E-state index contributed by atoms with van der Waals surface area (Å²) in [6.45, 7) is 0.980. The van der Waals surface area contributed by atoms with Gasteiger partial charge in [0, 0.05) is 27.1 Å². The third-order valence-electron chi connectivity index (χ3n) is 4.32. The smallest absolute Gasteiger partial charge is 0.0340 e. The molecule has 0 unspecified atom stereocenters. The lowest BCUT2D eigenvalue weighted by atomic mass is 9.87. The number of hydrogen-bond acceptors (Lipinski definition) is 1. The molecule has 0 heterocycles. The summed E-state index contributed by atoms with van der Waals surface area (Å²) in [5, 5.41) is 3.51. The van der Waals surface area contributed by atoms with Gasteiger partial charge in [0.2, 0.25) is 0 Å². The summed E-state index contributed by atoms with van der Waals surface area (Å²) < 4.78 is 2.24. The minimum absolute atomic E-state index is 0.416. The zero-order valence-electron chi connectivity index (χ0n) is 14.0. The quantitative estimate of drug-likeness (QED) is 0.368. The van der Waals surface area contributed by atoms with Gasteiger partial charge in [0.05, 0.1) is 0 Å². The summed E-state index contributed by atoms with van der Waals surface area (Å²) in [6.07, 6.45) is 2.23. The molecular formula is C22H21Br2N. The molecule has 3 aromatic carbocycles. The van der Waals surface area contributed by atoms with E-state index in [2.05, 4.69) is 110 Å². The zero-order valence-corrected chi connectivity index (χ0v) is 17.1. The van der Waals surface area contributed by atoms with Gasteiger partial charge in [-0.2, -0.15) is 0 Å². The monoisotopic (exact) mass is 457 g/mol. The number of benzene rings is 3. The first kappa shape index (κ1) is 18.2. The summed E-state index contributed by atoms with van der Waals surface area (Å²) in [7, 11) is 0. The number of rotatable bonds is 7. The molecule has 3 aromatic rings. The highest BCUT2D eigenvalue weighted by atomic mass is 79.9. The highest BCUT2D eigenvalue weighted by molar-refractivity contribution is 9.10. The Labute approximate surface area is 166 Å². The Hall–Kier alpha value is -1.58. The Bertz CT molecular complexity index is 722. The SMILES string of the molecule is Brc1ccc(C(CCCNc2ccccc2)c2ccc(Br)cc2)cc1. The second kappa shape index (κ2) is 9.21. The maximum atomic E-state index is 3.53. The Kier molecular flexibility index (Phi) is 6.71. The van der Waals surface area contributed by atoms with E-state index in [1.165, 1.54) is 16.8 Å². The fourth-order valence-electron chi connectivity index (χ4n) is 3.01. The van der Waals surface area contributed by atoms with E-state index in [9.17, 15) is 0 Å². The van der Waals surface area contributed by atoms with Crippen molar-refractivity contribution in [1.29, 1.82) is 0 Å². The molecular weight excluding hydrogens is 438 g/mol. The average Bonchev–Trinajstić information content (AvgIpc) is 2.65. The van der Waals surface area contributed by atoms with Gasteiger partial charge in [-0.3, -0.25) is 0 Å².